The molecule has 1 N–H and O–H groups in total. The second-order valence-corrected chi connectivity index (χ2v) is 7.47. The van der Waals surface area contributed by atoms with Crippen LogP contribution in [0.3, 0.4) is 0 Å². The zero-order valence-corrected chi connectivity index (χ0v) is 16.8. The van der Waals surface area contributed by atoms with Gasteiger partial charge < -0.3 is 14.8 Å². The Morgan fingerprint density at radius 3 is 2.69 bits per heavy atom. The van der Waals surface area contributed by atoms with Crippen LogP contribution in [0.4, 0.5) is 4.79 Å². The van der Waals surface area contributed by atoms with Crippen LogP contribution < -0.4 is 5.32 Å². The minimum Gasteiger partial charge on any atom is -0.467 e. The van der Waals surface area contributed by atoms with Crippen LogP contribution in [0.2, 0.25) is 0 Å². The Bertz CT molecular complexity index is 438. The normalized spacial score (nSPS) is 21.7. The molecule has 0 heterocycles. The third-order valence-electron chi connectivity index (χ3n) is 5.39. The number of alkyl carbamates (subject to hydrolysis) is 1. The maximum Gasteiger partial charge on any atom is 0.408 e. The monoisotopic (exact) mass is 367 g/mol. The summed E-state index contributed by atoms with van der Waals surface area (Å²) in [5.41, 5.74) is 0. The highest BCUT2D eigenvalue weighted by Gasteiger charge is 2.33. The van der Waals surface area contributed by atoms with Crippen molar-refractivity contribution in [1.82, 2.24) is 5.32 Å². The van der Waals surface area contributed by atoms with Gasteiger partial charge in [-0.25, -0.2) is 9.59 Å². The van der Waals surface area contributed by atoms with E-state index in [4.69, 9.17) is 9.47 Å². The van der Waals surface area contributed by atoms with Crippen LogP contribution in [0, 0.1) is 11.8 Å². The average molecular weight is 368 g/mol. The number of hydrogen-bond acceptors (Lipinski definition) is 4. The summed E-state index contributed by atoms with van der Waals surface area (Å²) in [7, 11) is 1.35. The maximum absolute atomic E-state index is 12.4. The number of allylic oxidation sites excluding steroid dienone is 1. The molecule has 0 aromatic heterocycles. The van der Waals surface area contributed by atoms with E-state index in [0.717, 1.165) is 64.2 Å². The molecule has 0 bridgehead atoms. The second kappa shape index (κ2) is 12.8. The summed E-state index contributed by atoms with van der Waals surface area (Å²) >= 11 is 0. The number of unbranched alkanes of at least 4 members (excludes halogenated alkanes) is 3. The average Bonchev–Trinajstić information content (AvgIpc) is 3.07. The number of methoxy groups -OCH3 is 1. The van der Waals surface area contributed by atoms with Crippen LogP contribution in [0.1, 0.15) is 78.1 Å². The van der Waals surface area contributed by atoms with Crippen molar-refractivity contribution in [1.29, 1.82) is 0 Å². The molecule has 0 saturated heterocycles. The first kappa shape index (κ1) is 22.5. The summed E-state index contributed by atoms with van der Waals surface area (Å²) in [5, 5.41) is 2.75. The number of amides is 1. The third kappa shape index (κ3) is 7.79. The Labute approximate surface area is 158 Å². The summed E-state index contributed by atoms with van der Waals surface area (Å²) in [6.07, 6.45) is 11.9. The van der Waals surface area contributed by atoms with Gasteiger partial charge in [0.05, 0.1) is 7.11 Å². The number of hydrogen-bond donors (Lipinski definition) is 1. The summed E-state index contributed by atoms with van der Waals surface area (Å²) in [5.74, 6) is 0.0471. The van der Waals surface area contributed by atoms with Gasteiger partial charge in [-0.15, -0.1) is 6.58 Å². The van der Waals surface area contributed by atoms with Crippen molar-refractivity contribution in [3.05, 3.63) is 12.7 Å². The molecule has 1 fully saturated rings. The van der Waals surface area contributed by atoms with Gasteiger partial charge in [-0.3, -0.25) is 0 Å². The summed E-state index contributed by atoms with van der Waals surface area (Å²) in [6.45, 7) is 7.83. The van der Waals surface area contributed by atoms with E-state index in [1.807, 2.05) is 13.0 Å². The van der Waals surface area contributed by atoms with E-state index in [0.29, 0.717) is 5.92 Å². The van der Waals surface area contributed by atoms with E-state index in [9.17, 15) is 9.59 Å². The van der Waals surface area contributed by atoms with Crippen molar-refractivity contribution in [2.45, 2.75) is 90.2 Å². The predicted molar refractivity (Wildman–Crippen MR) is 104 cm³/mol. The standard InChI is InChI=1S/C21H37NO4/c1-5-7-9-10-13-17-14-11-15-18(17)26-21(24)22-19(20(23)25-4)16(3)12-8-6-2/h5,16-19H,1,6-15H2,2-4H3,(H,22,24)/t16?,17-,18-,19+/m1/s1. The molecule has 0 aliphatic heterocycles. The molecular weight excluding hydrogens is 330 g/mol. The van der Waals surface area contributed by atoms with Crippen molar-refractivity contribution in [2.24, 2.45) is 11.8 Å². The van der Waals surface area contributed by atoms with Gasteiger partial charge in [0.25, 0.3) is 0 Å². The van der Waals surface area contributed by atoms with E-state index in [1.165, 1.54) is 7.11 Å². The smallest absolute Gasteiger partial charge is 0.408 e. The topological polar surface area (TPSA) is 64.6 Å². The van der Waals surface area contributed by atoms with Crippen LogP contribution in [0.15, 0.2) is 12.7 Å². The van der Waals surface area contributed by atoms with Gasteiger partial charge in [0, 0.05) is 0 Å². The molecule has 1 aliphatic carbocycles. The zero-order chi connectivity index (χ0) is 19.4. The lowest BCUT2D eigenvalue weighted by Crippen LogP contribution is -2.47. The molecule has 1 saturated carbocycles. The van der Waals surface area contributed by atoms with Crippen molar-refractivity contribution < 1.29 is 19.1 Å². The summed E-state index contributed by atoms with van der Waals surface area (Å²) in [6, 6.07) is -0.647. The van der Waals surface area contributed by atoms with E-state index < -0.39 is 18.1 Å². The van der Waals surface area contributed by atoms with Crippen LogP contribution in [-0.4, -0.2) is 31.3 Å². The van der Waals surface area contributed by atoms with Crippen molar-refractivity contribution >= 4 is 12.1 Å². The number of esters is 1. The maximum atomic E-state index is 12.4. The highest BCUT2D eigenvalue weighted by atomic mass is 16.6. The number of nitrogens with one attached hydrogen (secondary N) is 1. The van der Waals surface area contributed by atoms with Gasteiger partial charge in [-0.05, 0) is 56.8 Å². The summed E-state index contributed by atoms with van der Waals surface area (Å²) < 4.78 is 10.5. The van der Waals surface area contributed by atoms with Gasteiger partial charge in [0.1, 0.15) is 12.1 Å². The fourth-order valence-electron chi connectivity index (χ4n) is 3.74. The second-order valence-electron chi connectivity index (χ2n) is 7.47. The number of carbonyl (C=O) groups is 2. The van der Waals surface area contributed by atoms with Gasteiger partial charge in [0.2, 0.25) is 0 Å². The molecule has 0 aromatic carbocycles. The molecule has 5 heteroatoms. The van der Waals surface area contributed by atoms with Gasteiger partial charge in [-0.2, -0.15) is 0 Å². The quantitative estimate of drug-likeness (QED) is 0.300. The minimum absolute atomic E-state index is 0.0215. The number of carbonyl (C=O) groups excluding carboxylic acids is 2. The first-order valence-electron chi connectivity index (χ1n) is 10.2. The molecular formula is C21H37NO4. The van der Waals surface area contributed by atoms with Crippen LogP contribution in [0.25, 0.3) is 0 Å². The lowest BCUT2D eigenvalue weighted by molar-refractivity contribution is -0.144. The molecule has 1 rings (SSSR count). The molecule has 0 spiro atoms. The zero-order valence-electron chi connectivity index (χ0n) is 16.8. The Balaban J connectivity index is 2.52. The van der Waals surface area contributed by atoms with Gasteiger partial charge >= 0.3 is 12.1 Å². The lowest BCUT2D eigenvalue weighted by Gasteiger charge is -2.25. The lowest BCUT2D eigenvalue weighted by atomic mass is 9.96. The largest absolute Gasteiger partial charge is 0.467 e. The highest BCUT2D eigenvalue weighted by Crippen LogP contribution is 2.32. The number of rotatable bonds is 12. The van der Waals surface area contributed by atoms with E-state index >= 15 is 0 Å². The fraction of sp³-hybridized carbons (Fsp3) is 0.810. The summed E-state index contributed by atoms with van der Waals surface area (Å²) in [4.78, 5) is 24.4. The molecule has 0 aromatic rings. The number of ether oxygens (including phenoxy) is 2. The van der Waals surface area contributed by atoms with Gasteiger partial charge in [0.15, 0.2) is 0 Å². The highest BCUT2D eigenvalue weighted by molar-refractivity contribution is 5.81. The fourth-order valence-corrected chi connectivity index (χ4v) is 3.74. The predicted octanol–water partition coefficient (Wildman–Crippen LogP) is 5.00. The van der Waals surface area contributed by atoms with E-state index in [2.05, 4.69) is 18.8 Å². The first-order chi connectivity index (χ1) is 12.5. The minimum atomic E-state index is -0.647. The Kier molecular flexibility index (Phi) is 11.1. The van der Waals surface area contributed by atoms with E-state index in [1.54, 1.807) is 0 Å². The van der Waals surface area contributed by atoms with Crippen molar-refractivity contribution in [3.63, 3.8) is 0 Å². The van der Waals surface area contributed by atoms with E-state index in [-0.39, 0.29) is 12.0 Å². The van der Waals surface area contributed by atoms with Crippen LogP contribution in [-0.2, 0) is 14.3 Å². The molecule has 1 amide bonds. The molecule has 1 unspecified atom stereocenters. The molecule has 150 valence electrons. The molecule has 1 aliphatic rings. The molecule has 4 atom stereocenters. The molecule has 5 nitrogen and oxygen atoms in total. The Morgan fingerprint density at radius 2 is 2.04 bits per heavy atom. The van der Waals surface area contributed by atoms with Crippen LogP contribution in [0.5, 0.6) is 0 Å². The Hall–Kier alpha value is -1.52. The van der Waals surface area contributed by atoms with Crippen LogP contribution >= 0.6 is 0 Å². The van der Waals surface area contributed by atoms with Crippen molar-refractivity contribution in [2.75, 3.05) is 7.11 Å². The Morgan fingerprint density at radius 1 is 1.27 bits per heavy atom. The third-order valence-corrected chi connectivity index (χ3v) is 5.39. The molecule has 26 heavy (non-hydrogen) atoms. The molecule has 0 radical (unpaired) electrons. The first-order valence-corrected chi connectivity index (χ1v) is 10.2. The SMILES string of the molecule is C=CCCCC[C@@H]1CCC[C@H]1OC(=O)N[C@H](C(=O)OC)C(C)CCCC. The van der Waals surface area contributed by atoms with Gasteiger partial charge in [-0.1, -0.05) is 39.2 Å². The van der Waals surface area contributed by atoms with Crippen molar-refractivity contribution in [3.8, 4) is 0 Å².